The number of aromatic amines is 1. The first-order chi connectivity index (χ1) is 18.1. The van der Waals surface area contributed by atoms with Crippen LogP contribution in [0.25, 0.3) is 22.2 Å². The predicted octanol–water partition coefficient (Wildman–Crippen LogP) is 4.66. The highest BCUT2D eigenvalue weighted by atomic mass is 32.2. The number of pyridine rings is 1. The van der Waals surface area contributed by atoms with Gasteiger partial charge in [-0.15, -0.1) is 0 Å². The van der Waals surface area contributed by atoms with E-state index in [0.717, 1.165) is 29.8 Å². The van der Waals surface area contributed by atoms with Gasteiger partial charge in [0.2, 0.25) is 0 Å². The molecule has 6 rings (SSSR count). The molecule has 11 heteroatoms. The molecule has 0 radical (unpaired) electrons. The van der Waals surface area contributed by atoms with Crippen molar-refractivity contribution in [3.8, 4) is 11.1 Å². The molecular formula is C27H27FN6O3S. The molecule has 0 bridgehead atoms. The largest absolute Gasteiger partial charge is 0.345 e. The molecule has 2 fully saturated rings. The summed E-state index contributed by atoms with van der Waals surface area (Å²) in [7, 11) is -3.97. The van der Waals surface area contributed by atoms with Crippen LogP contribution in [0.3, 0.4) is 0 Å². The first-order valence-corrected chi connectivity index (χ1v) is 14.0. The molecule has 0 atom stereocenters. The van der Waals surface area contributed by atoms with Crippen molar-refractivity contribution < 1.29 is 17.6 Å². The molecular weight excluding hydrogens is 507 g/mol. The number of carbonyl (C=O) groups is 1. The molecule has 0 spiro atoms. The number of nitrogens with one attached hydrogen (secondary N) is 2. The molecule has 1 aliphatic heterocycles. The van der Waals surface area contributed by atoms with Crippen molar-refractivity contribution in [1.82, 2.24) is 24.2 Å². The van der Waals surface area contributed by atoms with Gasteiger partial charge in [-0.05, 0) is 42.9 Å². The number of aromatic nitrogens is 4. The maximum absolute atomic E-state index is 15.5. The fourth-order valence-corrected chi connectivity index (χ4v) is 6.21. The Balaban J connectivity index is 1.30. The van der Waals surface area contributed by atoms with Gasteiger partial charge in [-0.25, -0.2) is 19.3 Å². The lowest BCUT2D eigenvalue weighted by atomic mass is 9.93. The Morgan fingerprint density at radius 1 is 1.11 bits per heavy atom. The van der Waals surface area contributed by atoms with Gasteiger partial charge in [-0.1, -0.05) is 19.9 Å². The highest BCUT2D eigenvalue weighted by molar-refractivity contribution is 7.90. The van der Waals surface area contributed by atoms with Gasteiger partial charge in [-0.3, -0.25) is 9.52 Å². The van der Waals surface area contributed by atoms with Gasteiger partial charge in [0, 0.05) is 65.9 Å². The normalized spacial score (nSPS) is 17.7. The quantitative estimate of drug-likeness (QED) is 0.333. The summed E-state index contributed by atoms with van der Waals surface area (Å²) < 4.78 is 45.0. The summed E-state index contributed by atoms with van der Waals surface area (Å²) in [5.41, 5.74) is 1.52. The standard InChI is InChI=1S/C27H27FN6O3S/c1-27(2)8-9-34(15-27)38(36,37)33-22-5-3-4-19(23(22)28)24(35)21-14-32-26-20(21)10-17(11-31-26)18-12-29-25(30-13-18)16-6-7-16/h3-5,10-14,16,33H,6-9,15H2,1-2H3,(H,31,32). The van der Waals surface area contributed by atoms with E-state index in [0.29, 0.717) is 36.5 Å². The Morgan fingerprint density at radius 3 is 2.53 bits per heavy atom. The molecule has 38 heavy (non-hydrogen) atoms. The topological polar surface area (TPSA) is 121 Å². The maximum atomic E-state index is 15.5. The maximum Gasteiger partial charge on any atom is 0.301 e. The first-order valence-electron chi connectivity index (χ1n) is 12.5. The minimum absolute atomic E-state index is 0.154. The van der Waals surface area contributed by atoms with Crippen molar-refractivity contribution >= 4 is 32.7 Å². The van der Waals surface area contributed by atoms with E-state index in [1.165, 1.54) is 28.7 Å². The van der Waals surface area contributed by atoms with E-state index in [-0.39, 0.29) is 22.2 Å². The van der Waals surface area contributed by atoms with E-state index in [9.17, 15) is 13.2 Å². The number of hydrogen-bond donors (Lipinski definition) is 2. The Hall–Kier alpha value is -3.70. The van der Waals surface area contributed by atoms with Crippen LogP contribution < -0.4 is 4.72 Å². The second-order valence-electron chi connectivity index (χ2n) is 10.8. The van der Waals surface area contributed by atoms with Crippen molar-refractivity contribution in [3.63, 3.8) is 0 Å². The van der Waals surface area contributed by atoms with Crippen molar-refractivity contribution in [2.45, 2.75) is 39.0 Å². The van der Waals surface area contributed by atoms with Gasteiger partial charge >= 0.3 is 10.2 Å². The average Bonchev–Trinajstić information content (AvgIpc) is 3.55. The third-order valence-electron chi connectivity index (χ3n) is 7.19. The molecule has 4 aromatic rings. The van der Waals surface area contributed by atoms with Crippen LogP contribution in [-0.4, -0.2) is 51.5 Å². The lowest BCUT2D eigenvalue weighted by Gasteiger charge is -2.20. The van der Waals surface area contributed by atoms with Crippen molar-refractivity contribution in [2.24, 2.45) is 5.41 Å². The number of ketones is 1. The first kappa shape index (κ1) is 24.6. The number of benzene rings is 1. The zero-order valence-electron chi connectivity index (χ0n) is 21.0. The van der Waals surface area contributed by atoms with Crippen LogP contribution in [0.15, 0.2) is 49.1 Å². The molecule has 3 aromatic heterocycles. The molecule has 0 unspecified atom stereocenters. The number of nitrogens with zero attached hydrogens (tertiary/aromatic N) is 4. The van der Waals surface area contributed by atoms with Crippen molar-refractivity contribution in [1.29, 1.82) is 0 Å². The second kappa shape index (κ2) is 8.95. The minimum Gasteiger partial charge on any atom is -0.345 e. The summed E-state index contributed by atoms with van der Waals surface area (Å²) in [6.45, 7) is 4.66. The SMILES string of the molecule is CC1(C)CCN(S(=O)(=O)Nc2cccc(C(=O)c3c[nH]c4ncc(-c5cnc(C6CC6)nc5)cc34)c2F)C1. The molecule has 2 aliphatic rings. The van der Waals surface area contributed by atoms with E-state index in [2.05, 4.69) is 24.7 Å². The van der Waals surface area contributed by atoms with Gasteiger partial charge < -0.3 is 4.98 Å². The molecule has 0 amide bonds. The molecule has 1 aliphatic carbocycles. The Labute approximate surface area is 219 Å². The van der Waals surface area contributed by atoms with E-state index in [1.54, 1.807) is 24.7 Å². The summed E-state index contributed by atoms with van der Waals surface area (Å²) in [5.74, 6) is -0.242. The van der Waals surface area contributed by atoms with Gasteiger partial charge in [0.1, 0.15) is 11.5 Å². The minimum atomic E-state index is -3.97. The highest BCUT2D eigenvalue weighted by Gasteiger charge is 2.36. The zero-order chi connectivity index (χ0) is 26.7. The number of carbonyl (C=O) groups excluding carboxylic acids is 1. The third-order valence-corrected chi connectivity index (χ3v) is 8.66. The van der Waals surface area contributed by atoms with Crippen LogP contribution in [0, 0.1) is 11.2 Å². The van der Waals surface area contributed by atoms with Gasteiger partial charge in [0.25, 0.3) is 0 Å². The monoisotopic (exact) mass is 534 g/mol. The van der Waals surface area contributed by atoms with Crippen LogP contribution >= 0.6 is 0 Å². The second-order valence-corrected chi connectivity index (χ2v) is 12.4. The predicted molar refractivity (Wildman–Crippen MR) is 141 cm³/mol. The number of rotatable bonds is 7. The van der Waals surface area contributed by atoms with Crippen LogP contribution in [0.1, 0.15) is 60.8 Å². The summed E-state index contributed by atoms with van der Waals surface area (Å²) in [5, 5.41) is 0.517. The van der Waals surface area contributed by atoms with Crippen molar-refractivity contribution in [2.75, 3.05) is 17.8 Å². The molecule has 196 valence electrons. The fraction of sp³-hybridized carbons (Fsp3) is 0.333. The summed E-state index contributed by atoms with van der Waals surface area (Å²) in [4.78, 5) is 29.8. The van der Waals surface area contributed by atoms with Gasteiger partial charge in [0.15, 0.2) is 11.6 Å². The summed E-state index contributed by atoms with van der Waals surface area (Å²) in [6.07, 6.45) is 9.57. The van der Waals surface area contributed by atoms with Crippen LogP contribution in [0.2, 0.25) is 0 Å². The molecule has 9 nitrogen and oxygen atoms in total. The number of hydrogen-bond acceptors (Lipinski definition) is 6. The van der Waals surface area contributed by atoms with Crippen molar-refractivity contribution in [3.05, 3.63) is 71.8 Å². The van der Waals surface area contributed by atoms with Crippen LogP contribution in [-0.2, 0) is 10.2 Å². The molecule has 4 heterocycles. The Morgan fingerprint density at radius 2 is 1.84 bits per heavy atom. The van der Waals surface area contributed by atoms with E-state index in [4.69, 9.17) is 0 Å². The van der Waals surface area contributed by atoms with Crippen LogP contribution in [0.5, 0.6) is 0 Å². The van der Waals surface area contributed by atoms with Gasteiger partial charge in [0.05, 0.1) is 11.3 Å². The van der Waals surface area contributed by atoms with E-state index < -0.39 is 21.8 Å². The smallest absolute Gasteiger partial charge is 0.301 e. The lowest BCUT2D eigenvalue weighted by Crippen LogP contribution is -2.35. The highest BCUT2D eigenvalue weighted by Crippen LogP contribution is 2.38. The van der Waals surface area contributed by atoms with E-state index >= 15 is 4.39 Å². The Bertz CT molecular complexity index is 1660. The van der Waals surface area contributed by atoms with Crippen LogP contribution in [0.4, 0.5) is 10.1 Å². The Kier molecular flexibility index (Phi) is 5.80. The summed E-state index contributed by atoms with van der Waals surface area (Å²) in [6, 6.07) is 5.90. The van der Waals surface area contributed by atoms with Gasteiger partial charge in [-0.2, -0.15) is 12.7 Å². The number of fused-ring (bicyclic) bond motifs is 1. The summed E-state index contributed by atoms with van der Waals surface area (Å²) >= 11 is 0. The lowest BCUT2D eigenvalue weighted by molar-refractivity contribution is 0.103. The van der Waals surface area contributed by atoms with E-state index in [1.807, 2.05) is 13.8 Å². The molecule has 1 aromatic carbocycles. The number of H-pyrrole nitrogens is 1. The fourth-order valence-electron chi connectivity index (χ4n) is 4.79. The average molecular weight is 535 g/mol. The molecule has 1 saturated carbocycles. The number of halogens is 1. The molecule has 2 N–H and O–H groups in total. The zero-order valence-corrected chi connectivity index (χ0v) is 21.8. The third kappa shape index (κ3) is 4.56. The number of anilines is 1. The molecule has 1 saturated heterocycles.